The molecule has 1 aliphatic carbocycles. The first kappa shape index (κ1) is 25.6. The third-order valence-corrected chi connectivity index (χ3v) is 6.40. The van der Waals surface area contributed by atoms with Crippen LogP contribution in [0, 0.1) is 17.8 Å². The number of ketones is 3. The Hall–Kier alpha value is -2.97. The normalized spacial score (nSPS) is 19.0. The predicted octanol–water partition coefficient (Wildman–Crippen LogP) is 6.56. The monoisotopic (exact) mass is 484 g/mol. The number of rotatable bonds is 2. The van der Waals surface area contributed by atoms with Crippen molar-refractivity contribution in [1.29, 1.82) is 0 Å². The molecule has 1 fully saturated rings. The van der Waals surface area contributed by atoms with E-state index >= 15 is 0 Å². The van der Waals surface area contributed by atoms with E-state index in [1.807, 2.05) is 0 Å². The maximum atomic E-state index is 13.3. The molecule has 9 heteroatoms. The molecule has 2 aromatic carbocycles. The number of carbonyl (C=O) groups excluding carboxylic acids is 3. The lowest BCUT2D eigenvalue weighted by Gasteiger charge is -2.41. The Labute approximate surface area is 192 Å². The highest BCUT2D eigenvalue weighted by Crippen LogP contribution is 2.46. The molecular weight excluding hydrogens is 462 g/mol. The van der Waals surface area contributed by atoms with Gasteiger partial charge in [-0.1, -0.05) is 12.1 Å². The summed E-state index contributed by atoms with van der Waals surface area (Å²) in [5.74, 6) is -3.26. The molecule has 3 rings (SSSR count). The first-order valence-corrected chi connectivity index (χ1v) is 10.3. The smallest absolute Gasteiger partial charge is 0.298 e. The summed E-state index contributed by atoms with van der Waals surface area (Å²) in [4.78, 5) is 39.1. The van der Waals surface area contributed by atoms with Gasteiger partial charge in [0.1, 0.15) is 5.92 Å². The maximum absolute atomic E-state index is 13.3. The maximum Gasteiger partial charge on any atom is 0.416 e. The second-order valence-corrected chi connectivity index (χ2v) is 9.61. The quantitative estimate of drug-likeness (QED) is 0.359. The van der Waals surface area contributed by atoms with E-state index in [1.165, 1.54) is 45.9 Å². The van der Waals surface area contributed by atoms with Crippen molar-refractivity contribution in [2.24, 2.45) is 10.8 Å². The third-order valence-electron chi connectivity index (χ3n) is 6.40. The Kier molecular flexibility index (Phi) is 5.87. The first-order valence-electron chi connectivity index (χ1n) is 10.3. The third kappa shape index (κ3) is 4.16. The van der Waals surface area contributed by atoms with Crippen molar-refractivity contribution in [1.82, 2.24) is 0 Å². The number of carbonyl (C=O) groups is 3. The Morgan fingerprint density at radius 3 is 1.53 bits per heavy atom. The topological polar surface area (TPSA) is 51.2 Å². The number of Topliss-reactive ketones (excluding diaryl/α,β-unsaturated/α-hetero) is 3. The number of hydrogen-bond donors (Lipinski definition) is 0. The minimum atomic E-state index is -5.02. The molecule has 1 aliphatic rings. The molecular formula is C25H22F6O3. The van der Waals surface area contributed by atoms with Crippen LogP contribution < -0.4 is 0 Å². The Balaban J connectivity index is 2.24. The van der Waals surface area contributed by atoms with Crippen molar-refractivity contribution in [3.63, 3.8) is 0 Å². The number of hydrogen-bond acceptors (Lipinski definition) is 3. The first-order chi connectivity index (χ1) is 15.3. The summed E-state index contributed by atoms with van der Waals surface area (Å²) < 4.78 is 79.8. The summed E-state index contributed by atoms with van der Waals surface area (Å²) in [6, 6.07) is 5.22. The molecule has 3 nitrogen and oxygen atoms in total. The Morgan fingerprint density at radius 2 is 1.12 bits per heavy atom. The van der Waals surface area contributed by atoms with Crippen LogP contribution in [0.3, 0.4) is 0 Å². The molecule has 34 heavy (non-hydrogen) atoms. The zero-order valence-electron chi connectivity index (χ0n) is 19.0. The van der Waals surface area contributed by atoms with Crippen LogP contribution in [0.2, 0.25) is 0 Å². The fourth-order valence-corrected chi connectivity index (χ4v) is 4.38. The van der Waals surface area contributed by atoms with Gasteiger partial charge < -0.3 is 0 Å². The van der Waals surface area contributed by atoms with Gasteiger partial charge in [0.25, 0.3) is 0 Å². The van der Waals surface area contributed by atoms with Crippen molar-refractivity contribution in [3.05, 3.63) is 58.7 Å². The summed E-state index contributed by atoms with van der Waals surface area (Å²) in [7, 11) is 0. The van der Waals surface area contributed by atoms with Gasteiger partial charge in [0.15, 0.2) is 17.3 Å². The van der Waals surface area contributed by atoms with Crippen LogP contribution in [0.5, 0.6) is 0 Å². The van der Waals surface area contributed by atoms with Gasteiger partial charge in [-0.05, 0) is 81.1 Å². The highest BCUT2D eigenvalue weighted by molar-refractivity contribution is 6.30. The van der Waals surface area contributed by atoms with Gasteiger partial charge in [-0.25, -0.2) is 0 Å². The van der Waals surface area contributed by atoms with Crippen LogP contribution in [0.25, 0.3) is 11.1 Å². The standard InChI is InChI=1S/C25H22F6O3/c1-12-6-7-13(14-8-15(24(26,27)28)11-16(9-14)25(29,30)31)10-17(12)18-19(32)22(2,3)21(34)23(4,5)20(18)33/h6-11,18H,1-5H3. The molecule has 0 bridgehead atoms. The average Bonchev–Trinajstić information content (AvgIpc) is 2.71. The molecule has 0 N–H and O–H groups in total. The van der Waals surface area contributed by atoms with Crippen molar-refractivity contribution < 1.29 is 40.7 Å². The molecule has 1 saturated carbocycles. The van der Waals surface area contributed by atoms with Crippen LogP contribution in [0.1, 0.15) is 55.9 Å². The van der Waals surface area contributed by atoms with E-state index in [-0.39, 0.29) is 22.8 Å². The van der Waals surface area contributed by atoms with Crippen LogP contribution >= 0.6 is 0 Å². The van der Waals surface area contributed by atoms with Crippen molar-refractivity contribution in [2.45, 2.75) is 52.9 Å². The van der Waals surface area contributed by atoms with E-state index in [0.717, 1.165) is 0 Å². The predicted molar refractivity (Wildman–Crippen MR) is 112 cm³/mol. The van der Waals surface area contributed by atoms with Crippen molar-refractivity contribution in [2.75, 3.05) is 0 Å². The van der Waals surface area contributed by atoms with E-state index in [1.54, 1.807) is 6.92 Å². The van der Waals surface area contributed by atoms with Gasteiger partial charge in [0, 0.05) is 0 Å². The van der Waals surface area contributed by atoms with E-state index < -0.39 is 57.6 Å². The summed E-state index contributed by atoms with van der Waals surface area (Å²) in [5, 5.41) is 0. The summed E-state index contributed by atoms with van der Waals surface area (Å²) in [5.41, 5.74) is -5.74. The van der Waals surface area contributed by atoms with E-state index in [2.05, 4.69) is 0 Å². The van der Waals surface area contributed by atoms with Gasteiger partial charge in [0.2, 0.25) is 0 Å². The fraction of sp³-hybridized carbons (Fsp3) is 0.400. The molecule has 2 aromatic rings. The lowest BCUT2D eigenvalue weighted by atomic mass is 9.57. The number of halogens is 6. The number of alkyl halides is 6. The lowest BCUT2D eigenvalue weighted by molar-refractivity contribution is -0.157. The zero-order chi connectivity index (χ0) is 26.0. The molecule has 182 valence electrons. The molecule has 0 aliphatic heterocycles. The molecule has 0 aromatic heterocycles. The number of benzene rings is 2. The highest BCUT2D eigenvalue weighted by atomic mass is 19.4. The van der Waals surface area contributed by atoms with Gasteiger partial charge in [0.05, 0.1) is 22.0 Å². The van der Waals surface area contributed by atoms with E-state index in [0.29, 0.717) is 17.7 Å². The molecule has 0 amide bonds. The molecule has 0 heterocycles. The molecule has 0 saturated heterocycles. The van der Waals surface area contributed by atoms with Gasteiger partial charge in [-0.2, -0.15) is 26.3 Å². The fourth-order valence-electron chi connectivity index (χ4n) is 4.38. The molecule has 0 spiro atoms. The van der Waals surface area contributed by atoms with Crippen molar-refractivity contribution >= 4 is 17.3 Å². The second kappa shape index (κ2) is 7.78. The van der Waals surface area contributed by atoms with Gasteiger partial charge >= 0.3 is 12.4 Å². The minimum absolute atomic E-state index is 0.0229. The Morgan fingerprint density at radius 1 is 0.676 bits per heavy atom. The SMILES string of the molecule is Cc1ccc(-c2cc(C(F)(F)F)cc(C(F)(F)F)c2)cc1C1C(=O)C(C)(C)C(=O)C(C)(C)C1=O. The lowest BCUT2D eigenvalue weighted by Crippen LogP contribution is -2.56. The van der Waals surface area contributed by atoms with Gasteiger partial charge in [-0.15, -0.1) is 0 Å². The van der Waals surface area contributed by atoms with E-state index in [9.17, 15) is 40.7 Å². The van der Waals surface area contributed by atoms with Gasteiger partial charge in [-0.3, -0.25) is 14.4 Å². The molecule has 0 unspecified atom stereocenters. The van der Waals surface area contributed by atoms with Crippen molar-refractivity contribution in [3.8, 4) is 11.1 Å². The summed E-state index contributed by atoms with van der Waals surface area (Å²) in [6.07, 6.45) is -10.0. The van der Waals surface area contributed by atoms with Crippen LogP contribution in [-0.4, -0.2) is 17.3 Å². The Bertz CT molecular complexity index is 1140. The minimum Gasteiger partial charge on any atom is -0.298 e. The molecule has 0 atom stereocenters. The summed E-state index contributed by atoms with van der Waals surface area (Å²) >= 11 is 0. The van der Waals surface area contributed by atoms with E-state index in [4.69, 9.17) is 0 Å². The average molecular weight is 484 g/mol. The zero-order valence-corrected chi connectivity index (χ0v) is 19.0. The van der Waals surface area contributed by atoms with Crippen LogP contribution in [0.15, 0.2) is 36.4 Å². The van der Waals surface area contributed by atoms with Crippen LogP contribution in [0.4, 0.5) is 26.3 Å². The molecule has 0 radical (unpaired) electrons. The number of aryl methyl sites for hydroxylation is 1. The summed E-state index contributed by atoms with van der Waals surface area (Å²) in [6.45, 7) is 7.19. The highest BCUT2D eigenvalue weighted by Gasteiger charge is 2.58. The largest absolute Gasteiger partial charge is 0.416 e. The van der Waals surface area contributed by atoms with Crippen LogP contribution in [-0.2, 0) is 26.7 Å². The second-order valence-electron chi connectivity index (χ2n) is 9.61.